The first-order valence-corrected chi connectivity index (χ1v) is 13.6. The second-order valence-electron chi connectivity index (χ2n) is 9.82. The fourth-order valence-electron chi connectivity index (χ4n) is 3.80. The van der Waals surface area contributed by atoms with Crippen molar-refractivity contribution >= 4 is 27.3 Å². The largest absolute Gasteiger partial charge is 0.433 e. The maximum absolute atomic E-state index is 13.0. The zero-order chi connectivity index (χ0) is 26.0. The molecule has 0 saturated carbocycles. The van der Waals surface area contributed by atoms with Crippen molar-refractivity contribution in [1.82, 2.24) is 9.55 Å². The van der Waals surface area contributed by atoms with E-state index in [1.807, 2.05) is 42.8 Å². The molecule has 3 aromatic rings. The number of ether oxygens (including phenoxy) is 1. The van der Waals surface area contributed by atoms with E-state index in [2.05, 4.69) is 36.6 Å². The number of rotatable bonds is 8. The summed E-state index contributed by atoms with van der Waals surface area (Å²) in [6, 6.07) is 9.46. The molecule has 0 unspecified atom stereocenters. The van der Waals surface area contributed by atoms with Gasteiger partial charge in [0.15, 0.2) is 5.94 Å². The number of sulfone groups is 1. The van der Waals surface area contributed by atoms with Gasteiger partial charge >= 0.3 is 6.09 Å². The van der Waals surface area contributed by atoms with Crippen LogP contribution in [-0.4, -0.2) is 30.0 Å². The normalized spacial score (nSPS) is 12.0. The average Bonchev–Trinajstić information content (AvgIpc) is 3.40. The number of carbonyl (C=O) groups is 1. The molecule has 2 heterocycles. The van der Waals surface area contributed by atoms with Gasteiger partial charge in [0.2, 0.25) is 9.84 Å². The quantitative estimate of drug-likeness (QED) is 0.457. The van der Waals surface area contributed by atoms with E-state index >= 15 is 0 Å². The summed E-state index contributed by atoms with van der Waals surface area (Å²) in [5.41, 5.74) is 7.17. The number of aromatic nitrogens is 2. The molecule has 0 atom stereocenters. The molecule has 35 heavy (non-hydrogen) atoms. The molecule has 3 rings (SSSR count). The van der Waals surface area contributed by atoms with Crippen molar-refractivity contribution in [3.63, 3.8) is 0 Å². The van der Waals surface area contributed by atoms with Gasteiger partial charge in [0.25, 0.3) is 0 Å². The van der Waals surface area contributed by atoms with Gasteiger partial charge in [-0.2, -0.15) is 5.26 Å². The van der Waals surface area contributed by atoms with E-state index in [-0.39, 0.29) is 9.62 Å². The summed E-state index contributed by atoms with van der Waals surface area (Å²) in [6.45, 7) is 10.8. The smallest absolute Gasteiger partial charge is 0.405 e. The fraction of sp³-hybridized carbons (Fsp3) is 0.400. The zero-order valence-electron chi connectivity index (χ0n) is 20.5. The van der Waals surface area contributed by atoms with Gasteiger partial charge < -0.3 is 15.0 Å². The highest BCUT2D eigenvalue weighted by Gasteiger charge is 2.26. The van der Waals surface area contributed by atoms with Crippen LogP contribution in [0.3, 0.4) is 0 Å². The summed E-state index contributed by atoms with van der Waals surface area (Å²) >= 11 is 1.15. The SMILES string of the molecule is CC(C)Cc1cc(-c2ccc(Cn3ccnc3C(C)(C)C)c(C#N)c2)c(S(=O)(=O)COC(N)=O)s1. The lowest BCUT2D eigenvalue weighted by Crippen LogP contribution is -2.19. The molecule has 0 aliphatic heterocycles. The lowest BCUT2D eigenvalue weighted by Gasteiger charge is -2.20. The van der Waals surface area contributed by atoms with Crippen molar-refractivity contribution in [3.05, 3.63) is 58.5 Å². The molecule has 1 amide bonds. The molecule has 2 aromatic heterocycles. The lowest BCUT2D eigenvalue weighted by atomic mass is 9.95. The molecule has 0 radical (unpaired) electrons. The number of benzene rings is 1. The molecule has 10 heteroatoms. The number of nitrogens with zero attached hydrogens (tertiary/aromatic N) is 3. The molecule has 1 aromatic carbocycles. The van der Waals surface area contributed by atoms with E-state index in [1.54, 1.807) is 12.3 Å². The molecule has 0 spiro atoms. The molecule has 0 saturated heterocycles. The molecule has 0 bridgehead atoms. The van der Waals surface area contributed by atoms with Crippen LogP contribution in [0.1, 0.15) is 56.4 Å². The van der Waals surface area contributed by atoms with Crippen LogP contribution in [0.2, 0.25) is 0 Å². The maximum atomic E-state index is 13.0. The second kappa shape index (κ2) is 10.2. The third kappa shape index (κ3) is 6.29. The predicted octanol–water partition coefficient (Wildman–Crippen LogP) is 4.85. The Bertz CT molecular complexity index is 1370. The lowest BCUT2D eigenvalue weighted by molar-refractivity contribution is 0.174. The third-order valence-electron chi connectivity index (χ3n) is 5.27. The zero-order valence-corrected chi connectivity index (χ0v) is 22.2. The molecule has 0 fully saturated rings. The topological polar surface area (TPSA) is 128 Å². The van der Waals surface area contributed by atoms with Gasteiger partial charge in [-0.15, -0.1) is 11.3 Å². The molecule has 2 N–H and O–H groups in total. The summed E-state index contributed by atoms with van der Waals surface area (Å²) < 4.78 is 32.7. The van der Waals surface area contributed by atoms with E-state index in [4.69, 9.17) is 5.73 Å². The molecule has 186 valence electrons. The van der Waals surface area contributed by atoms with Crippen LogP contribution >= 0.6 is 11.3 Å². The Balaban J connectivity index is 2.05. The molecular formula is C25H30N4O4S2. The molecule has 8 nitrogen and oxygen atoms in total. The summed E-state index contributed by atoms with van der Waals surface area (Å²) in [5, 5.41) is 9.88. The van der Waals surface area contributed by atoms with Crippen LogP contribution < -0.4 is 5.73 Å². The summed E-state index contributed by atoms with van der Waals surface area (Å²) in [7, 11) is -3.94. The Morgan fingerprint density at radius 1 is 1.29 bits per heavy atom. The van der Waals surface area contributed by atoms with Gasteiger partial charge in [-0.05, 0) is 35.6 Å². The first kappa shape index (κ1) is 26.4. The van der Waals surface area contributed by atoms with Crippen LogP contribution in [0.25, 0.3) is 11.1 Å². The number of nitrogens with two attached hydrogens (primary N) is 1. The highest BCUT2D eigenvalue weighted by Crippen LogP contribution is 2.38. The second-order valence-corrected chi connectivity index (χ2v) is 13.1. The fourth-order valence-corrected chi connectivity index (χ4v) is 6.78. The Morgan fingerprint density at radius 2 is 2.00 bits per heavy atom. The van der Waals surface area contributed by atoms with Crippen molar-refractivity contribution in [1.29, 1.82) is 5.26 Å². The van der Waals surface area contributed by atoms with Crippen molar-refractivity contribution in [3.8, 4) is 17.2 Å². The van der Waals surface area contributed by atoms with Crippen LogP contribution in [0.15, 0.2) is 40.9 Å². The van der Waals surface area contributed by atoms with Gasteiger partial charge in [-0.1, -0.05) is 46.8 Å². The monoisotopic (exact) mass is 514 g/mol. The van der Waals surface area contributed by atoms with Gasteiger partial charge in [-0.3, -0.25) is 0 Å². The first-order valence-electron chi connectivity index (χ1n) is 11.1. The minimum atomic E-state index is -3.94. The van der Waals surface area contributed by atoms with E-state index in [0.717, 1.165) is 27.6 Å². The number of imidazole rings is 1. The number of thiophene rings is 1. The average molecular weight is 515 g/mol. The van der Waals surface area contributed by atoms with Crippen molar-refractivity contribution in [2.45, 2.75) is 57.2 Å². The van der Waals surface area contributed by atoms with Crippen LogP contribution in [0, 0.1) is 17.2 Å². The van der Waals surface area contributed by atoms with Gasteiger partial charge in [0, 0.05) is 28.2 Å². The van der Waals surface area contributed by atoms with E-state index in [9.17, 15) is 18.5 Å². The van der Waals surface area contributed by atoms with Gasteiger partial charge in [0.05, 0.1) is 18.2 Å². The number of hydrogen-bond donors (Lipinski definition) is 1. The molecule has 0 aliphatic carbocycles. The minimum absolute atomic E-state index is 0.0932. The van der Waals surface area contributed by atoms with Crippen molar-refractivity contribution in [2.24, 2.45) is 11.7 Å². The Morgan fingerprint density at radius 3 is 2.60 bits per heavy atom. The van der Waals surface area contributed by atoms with Crippen LogP contribution in [-0.2, 0) is 33.0 Å². The highest BCUT2D eigenvalue weighted by atomic mass is 32.2. The summed E-state index contributed by atoms with van der Waals surface area (Å²) in [5.74, 6) is 0.392. The number of hydrogen-bond acceptors (Lipinski definition) is 7. The van der Waals surface area contributed by atoms with E-state index in [1.165, 1.54) is 0 Å². The third-order valence-corrected chi connectivity index (χ3v) is 8.44. The van der Waals surface area contributed by atoms with Gasteiger partial charge in [0.1, 0.15) is 10.0 Å². The Labute approximate surface area is 210 Å². The maximum Gasteiger partial charge on any atom is 0.405 e. The van der Waals surface area contributed by atoms with Crippen LogP contribution in [0.5, 0.6) is 0 Å². The molecular weight excluding hydrogens is 484 g/mol. The Kier molecular flexibility index (Phi) is 7.72. The summed E-state index contributed by atoms with van der Waals surface area (Å²) in [6.07, 6.45) is 3.17. The van der Waals surface area contributed by atoms with Crippen molar-refractivity contribution < 1.29 is 17.9 Å². The molecule has 0 aliphatic rings. The number of amides is 1. The minimum Gasteiger partial charge on any atom is -0.433 e. The number of nitriles is 1. The van der Waals surface area contributed by atoms with Crippen molar-refractivity contribution in [2.75, 3.05) is 5.94 Å². The Hall–Kier alpha value is -3.16. The van der Waals surface area contributed by atoms with E-state index in [0.29, 0.717) is 35.6 Å². The van der Waals surface area contributed by atoms with E-state index < -0.39 is 21.9 Å². The van der Waals surface area contributed by atoms with Gasteiger partial charge in [-0.25, -0.2) is 18.2 Å². The predicted molar refractivity (Wildman–Crippen MR) is 136 cm³/mol. The van der Waals surface area contributed by atoms with Crippen LogP contribution in [0.4, 0.5) is 4.79 Å². The first-order chi connectivity index (χ1) is 16.3. The standard InChI is InChI=1S/C25H30N4O4S2/c1-16(2)10-20-12-21(22(34-20)35(31,32)15-33-24(27)30)17-6-7-18(19(11-17)13-26)14-29-9-8-28-23(29)25(3,4)5/h6-9,11-12,16H,10,14-15H2,1-5H3,(H2,27,30). The number of carbonyl (C=O) groups excluding carboxylic acids is 1. The summed E-state index contributed by atoms with van der Waals surface area (Å²) in [4.78, 5) is 16.4. The number of primary amides is 1. The highest BCUT2D eigenvalue weighted by molar-refractivity contribution is 7.93.